The lowest BCUT2D eigenvalue weighted by Gasteiger charge is -2.06. The Bertz CT molecular complexity index is 1200. The summed E-state index contributed by atoms with van der Waals surface area (Å²) in [7, 11) is 1.81. The molecule has 0 bridgehead atoms. The van der Waals surface area contributed by atoms with Crippen molar-refractivity contribution < 1.29 is 9.21 Å². The lowest BCUT2D eigenvalue weighted by molar-refractivity contribution is -0.113. The Hall–Kier alpha value is -2.19. The number of amides is 1. The number of aromatic nitrogens is 3. The molecule has 2 aromatic carbocycles. The van der Waals surface area contributed by atoms with Crippen LogP contribution in [-0.4, -0.2) is 26.4 Å². The number of nitrogens with zero attached hydrogens (tertiary/aromatic N) is 3. The molecule has 0 aliphatic rings. The number of fused-ring (bicyclic) bond motifs is 1. The minimum absolute atomic E-state index is 0.145. The zero-order valence-corrected chi connectivity index (χ0v) is 18.0. The fourth-order valence-corrected chi connectivity index (χ4v) is 4.15. The summed E-state index contributed by atoms with van der Waals surface area (Å²) in [6.07, 6.45) is 0. The molecule has 148 valence electrons. The van der Waals surface area contributed by atoms with Gasteiger partial charge in [-0.25, -0.2) is 0 Å². The molecule has 4 aromatic rings. The van der Waals surface area contributed by atoms with Crippen molar-refractivity contribution in [3.63, 3.8) is 0 Å². The summed E-state index contributed by atoms with van der Waals surface area (Å²) in [6, 6.07) is 12.1. The number of carbonyl (C=O) groups is 1. The predicted octanol–water partition coefficient (Wildman–Crippen LogP) is 5.92. The highest BCUT2D eigenvalue weighted by molar-refractivity contribution is 7.99. The molecule has 0 fully saturated rings. The van der Waals surface area contributed by atoms with Crippen LogP contribution in [0.1, 0.15) is 0 Å². The first-order valence-corrected chi connectivity index (χ1v) is 10.5. The van der Waals surface area contributed by atoms with Crippen LogP contribution in [-0.2, 0) is 11.8 Å². The summed E-state index contributed by atoms with van der Waals surface area (Å²) in [5.74, 6) is 1.06. The number of thioether (sulfide) groups is 1. The number of carbonyl (C=O) groups excluding carboxylic acids is 1. The van der Waals surface area contributed by atoms with E-state index in [0.717, 1.165) is 5.39 Å². The number of rotatable bonds is 5. The van der Waals surface area contributed by atoms with Crippen LogP contribution in [0.5, 0.6) is 0 Å². The number of anilines is 1. The molecule has 1 N–H and O–H groups in total. The Labute approximate surface area is 185 Å². The average Bonchev–Trinajstić information content (AvgIpc) is 3.21. The molecule has 0 saturated heterocycles. The molecule has 2 aromatic heterocycles. The van der Waals surface area contributed by atoms with Crippen LogP contribution in [0.15, 0.2) is 52.0 Å². The zero-order valence-electron chi connectivity index (χ0n) is 14.9. The second kappa shape index (κ2) is 8.28. The van der Waals surface area contributed by atoms with E-state index in [1.165, 1.54) is 11.8 Å². The molecule has 0 aliphatic carbocycles. The minimum Gasteiger partial charge on any atom is -0.453 e. The van der Waals surface area contributed by atoms with Crippen LogP contribution in [0.25, 0.3) is 22.6 Å². The molecule has 0 spiro atoms. The first kappa shape index (κ1) is 20.1. The molecular weight excluding hydrogens is 455 g/mol. The fourth-order valence-electron chi connectivity index (χ4n) is 2.73. The summed E-state index contributed by atoms with van der Waals surface area (Å²) >= 11 is 19.2. The highest BCUT2D eigenvalue weighted by Gasteiger charge is 2.16. The predicted molar refractivity (Wildman–Crippen MR) is 117 cm³/mol. The van der Waals surface area contributed by atoms with E-state index in [4.69, 9.17) is 39.2 Å². The summed E-state index contributed by atoms with van der Waals surface area (Å²) in [5.41, 5.74) is 1.24. The number of nitrogens with one attached hydrogen (secondary N) is 1. The topological polar surface area (TPSA) is 73.0 Å². The van der Waals surface area contributed by atoms with Crippen LogP contribution in [0.2, 0.25) is 15.1 Å². The average molecular weight is 468 g/mol. The van der Waals surface area contributed by atoms with E-state index < -0.39 is 0 Å². The fraction of sp³-hybridized carbons (Fsp3) is 0.105. The minimum atomic E-state index is -0.212. The van der Waals surface area contributed by atoms with Gasteiger partial charge in [-0.2, -0.15) is 0 Å². The van der Waals surface area contributed by atoms with Crippen molar-refractivity contribution in [2.45, 2.75) is 5.16 Å². The first-order valence-electron chi connectivity index (χ1n) is 8.36. The van der Waals surface area contributed by atoms with E-state index in [9.17, 15) is 4.79 Å². The van der Waals surface area contributed by atoms with Crippen LogP contribution in [0.3, 0.4) is 0 Å². The van der Waals surface area contributed by atoms with Gasteiger partial charge in [-0.3, -0.25) is 4.79 Å². The zero-order chi connectivity index (χ0) is 20.5. The highest BCUT2D eigenvalue weighted by Crippen LogP contribution is 2.30. The van der Waals surface area contributed by atoms with Crippen molar-refractivity contribution in [1.29, 1.82) is 0 Å². The lowest BCUT2D eigenvalue weighted by Crippen LogP contribution is -2.14. The third-order valence-electron chi connectivity index (χ3n) is 4.01. The molecule has 10 heteroatoms. The van der Waals surface area contributed by atoms with E-state index in [2.05, 4.69) is 15.5 Å². The van der Waals surface area contributed by atoms with E-state index >= 15 is 0 Å². The van der Waals surface area contributed by atoms with E-state index in [0.29, 0.717) is 43.1 Å². The van der Waals surface area contributed by atoms with Crippen LogP contribution in [0, 0.1) is 0 Å². The van der Waals surface area contributed by atoms with Gasteiger partial charge in [0.2, 0.25) is 5.91 Å². The largest absolute Gasteiger partial charge is 0.453 e. The van der Waals surface area contributed by atoms with Crippen LogP contribution in [0.4, 0.5) is 5.69 Å². The molecule has 0 radical (unpaired) electrons. The Morgan fingerprint density at radius 3 is 2.59 bits per heavy atom. The molecule has 6 nitrogen and oxygen atoms in total. The SMILES string of the molecule is Cn1c(SCC(=O)Nc2cc(Cl)cc(Cl)c2)nnc1-c1cc2cc(Cl)ccc2o1. The molecule has 0 saturated carbocycles. The number of hydrogen-bond donors (Lipinski definition) is 1. The van der Waals surface area contributed by atoms with Gasteiger partial charge in [0.25, 0.3) is 0 Å². The Kier molecular flexibility index (Phi) is 5.74. The highest BCUT2D eigenvalue weighted by atomic mass is 35.5. The summed E-state index contributed by atoms with van der Waals surface area (Å²) in [5, 5.41) is 14.1. The van der Waals surface area contributed by atoms with Gasteiger partial charge in [0.15, 0.2) is 16.7 Å². The monoisotopic (exact) mass is 466 g/mol. The molecule has 0 unspecified atom stereocenters. The summed E-state index contributed by atoms with van der Waals surface area (Å²) in [6.45, 7) is 0. The van der Waals surface area contributed by atoms with Gasteiger partial charge in [-0.1, -0.05) is 46.6 Å². The van der Waals surface area contributed by atoms with Crippen molar-refractivity contribution in [1.82, 2.24) is 14.8 Å². The number of benzene rings is 2. The molecule has 2 heterocycles. The van der Waals surface area contributed by atoms with E-state index in [1.807, 2.05) is 19.2 Å². The lowest BCUT2D eigenvalue weighted by atomic mass is 10.2. The maximum atomic E-state index is 12.2. The van der Waals surface area contributed by atoms with Gasteiger partial charge in [-0.15, -0.1) is 10.2 Å². The van der Waals surface area contributed by atoms with Gasteiger partial charge in [0.1, 0.15) is 5.58 Å². The van der Waals surface area contributed by atoms with Crippen LogP contribution >= 0.6 is 46.6 Å². The van der Waals surface area contributed by atoms with E-state index in [-0.39, 0.29) is 11.7 Å². The van der Waals surface area contributed by atoms with Crippen LogP contribution < -0.4 is 5.32 Å². The molecule has 1 amide bonds. The third-order valence-corrected chi connectivity index (χ3v) is 5.70. The smallest absolute Gasteiger partial charge is 0.234 e. The summed E-state index contributed by atoms with van der Waals surface area (Å²) < 4.78 is 7.61. The Morgan fingerprint density at radius 1 is 1.07 bits per heavy atom. The first-order chi connectivity index (χ1) is 13.9. The molecule has 0 atom stereocenters. The van der Waals surface area contributed by atoms with Crippen molar-refractivity contribution in [2.24, 2.45) is 7.05 Å². The molecule has 0 aliphatic heterocycles. The normalized spacial score (nSPS) is 11.2. The molecular formula is C19H13Cl3N4O2S. The van der Waals surface area contributed by atoms with Crippen molar-refractivity contribution >= 4 is 69.1 Å². The quantitative estimate of drug-likeness (QED) is 0.369. The van der Waals surface area contributed by atoms with Crippen molar-refractivity contribution in [3.05, 3.63) is 57.5 Å². The van der Waals surface area contributed by atoms with Gasteiger partial charge in [0.05, 0.1) is 5.75 Å². The second-order valence-electron chi connectivity index (χ2n) is 6.15. The van der Waals surface area contributed by atoms with Gasteiger partial charge in [0, 0.05) is 33.2 Å². The van der Waals surface area contributed by atoms with Crippen molar-refractivity contribution in [2.75, 3.05) is 11.1 Å². The molecule has 4 rings (SSSR count). The van der Waals surface area contributed by atoms with Gasteiger partial charge in [-0.05, 0) is 42.5 Å². The van der Waals surface area contributed by atoms with Gasteiger partial charge >= 0.3 is 0 Å². The summed E-state index contributed by atoms with van der Waals surface area (Å²) in [4.78, 5) is 12.2. The third kappa shape index (κ3) is 4.53. The maximum absolute atomic E-state index is 12.2. The number of furan rings is 1. The van der Waals surface area contributed by atoms with Crippen molar-refractivity contribution in [3.8, 4) is 11.6 Å². The number of hydrogen-bond acceptors (Lipinski definition) is 5. The van der Waals surface area contributed by atoms with E-state index in [1.54, 1.807) is 34.9 Å². The Morgan fingerprint density at radius 2 is 1.83 bits per heavy atom. The standard InChI is InChI=1S/C19H13Cl3N4O2S/c1-26-18(16-5-10-4-11(20)2-3-15(10)28-16)24-25-19(26)29-9-17(27)23-14-7-12(21)6-13(22)8-14/h2-8H,9H2,1H3,(H,23,27). The maximum Gasteiger partial charge on any atom is 0.234 e. The number of halogens is 3. The Balaban J connectivity index is 1.46. The van der Waals surface area contributed by atoms with Gasteiger partial charge < -0.3 is 14.3 Å². The molecule has 29 heavy (non-hydrogen) atoms. The second-order valence-corrected chi connectivity index (χ2v) is 8.40.